The molecule has 0 aliphatic carbocycles. The van der Waals surface area contributed by atoms with Crippen molar-refractivity contribution in [3.63, 3.8) is 0 Å². The largest absolute Gasteiger partial charge is 0.439 e. The number of benzene rings is 1. The highest BCUT2D eigenvalue weighted by atomic mass is 32.2. The van der Waals surface area contributed by atoms with Crippen LogP contribution in [0.25, 0.3) is 0 Å². The fourth-order valence-electron chi connectivity index (χ4n) is 2.33. The van der Waals surface area contributed by atoms with E-state index in [4.69, 9.17) is 4.74 Å². The first kappa shape index (κ1) is 17.4. The van der Waals surface area contributed by atoms with E-state index in [9.17, 15) is 13.2 Å². The monoisotopic (exact) mass is 361 g/mol. The molecule has 0 saturated carbocycles. The molecule has 0 radical (unpaired) electrons. The highest BCUT2D eigenvalue weighted by molar-refractivity contribution is 7.90. The second-order valence-electron chi connectivity index (χ2n) is 5.89. The maximum Gasteiger partial charge on any atom is 0.225 e. The Kier molecular flexibility index (Phi) is 5.00. The molecule has 1 aromatic carbocycles. The Morgan fingerprint density at radius 3 is 2.80 bits per heavy atom. The van der Waals surface area contributed by atoms with Gasteiger partial charge in [0, 0.05) is 37.7 Å². The Morgan fingerprint density at radius 2 is 2.12 bits per heavy atom. The fraction of sp³-hybridized carbons (Fsp3) is 0.294. The van der Waals surface area contributed by atoms with Crippen LogP contribution in [0.4, 0.5) is 0 Å². The topological polar surface area (TPSA) is 97.4 Å². The van der Waals surface area contributed by atoms with E-state index in [1.54, 1.807) is 24.4 Å². The van der Waals surface area contributed by atoms with E-state index in [1.807, 2.05) is 6.07 Å². The van der Waals surface area contributed by atoms with E-state index in [-0.39, 0.29) is 16.7 Å². The first-order valence-corrected chi connectivity index (χ1v) is 9.73. The van der Waals surface area contributed by atoms with Crippen molar-refractivity contribution >= 4 is 15.7 Å². The molecule has 0 spiro atoms. The zero-order chi connectivity index (χ0) is 17.9. The van der Waals surface area contributed by atoms with Crippen molar-refractivity contribution in [2.75, 3.05) is 19.3 Å². The second kappa shape index (κ2) is 7.20. The number of ether oxygens (including phenoxy) is 1. The van der Waals surface area contributed by atoms with Crippen LogP contribution < -0.4 is 15.4 Å². The summed E-state index contributed by atoms with van der Waals surface area (Å²) in [5, 5.41) is 5.92. The SMILES string of the molecule is CS(=O)(=O)c1cccc(Oc2ncccc2CNC(=O)C2CNC2)c1. The normalized spacial score (nSPS) is 14.6. The standard InChI is InChI=1S/C17H19N3O4S/c1-25(22,23)15-6-2-5-14(8-15)24-17-12(4-3-7-19-17)11-20-16(21)13-9-18-10-13/h2-8,13,18H,9-11H2,1H3,(H,20,21). The average molecular weight is 361 g/mol. The summed E-state index contributed by atoms with van der Waals surface area (Å²) in [5.74, 6) is 0.706. The molecule has 2 N–H and O–H groups in total. The number of nitrogens with one attached hydrogen (secondary N) is 2. The third-order valence-electron chi connectivity index (χ3n) is 3.90. The average Bonchev–Trinajstić information content (AvgIpc) is 2.52. The van der Waals surface area contributed by atoms with Crippen molar-refractivity contribution in [2.24, 2.45) is 5.92 Å². The number of amides is 1. The lowest BCUT2D eigenvalue weighted by atomic mass is 10.0. The highest BCUT2D eigenvalue weighted by Crippen LogP contribution is 2.25. The van der Waals surface area contributed by atoms with Crippen molar-refractivity contribution < 1.29 is 17.9 Å². The fourth-order valence-corrected chi connectivity index (χ4v) is 2.99. The molecule has 7 nitrogen and oxygen atoms in total. The molecule has 1 saturated heterocycles. The third-order valence-corrected chi connectivity index (χ3v) is 5.01. The molecule has 0 unspecified atom stereocenters. The van der Waals surface area contributed by atoms with Crippen LogP contribution in [0.1, 0.15) is 5.56 Å². The lowest BCUT2D eigenvalue weighted by Gasteiger charge is -2.25. The van der Waals surface area contributed by atoms with E-state index in [2.05, 4.69) is 15.6 Å². The summed E-state index contributed by atoms with van der Waals surface area (Å²) in [4.78, 5) is 16.3. The van der Waals surface area contributed by atoms with Crippen molar-refractivity contribution in [3.05, 3.63) is 48.2 Å². The van der Waals surface area contributed by atoms with Crippen LogP contribution >= 0.6 is 0 Å². The van der Waals surface area contributed by atoms with Gasteiger partial charge in [-0.25, -0.2) is 13.4 Å². The predicted molar refractivity (Wildman–Crippen MR) is 92.1 cm³/mol. The van der Waals surface area contributed by atoms with Crippen LogP contribution in [0.2, 0.25) is 0 Å². The van der Waals surface area contributed by atoms with E-state index in [0.717, 1.165) is 6.26 Å². The van der Waals surface area contributed by atoms with Gasteiger partial charge in [-0.3, -0.25) is 4.79 Å². The van der Waals surface area contributed by atoms with Gasteiger partial charge in [0.25, 0.3) is 0 Å². The van der Waals surface area contributed by atoms with Crippen LogP contribution in [-0.2, 0) is 21.2 Å². The molecule has 1 fully saturated rings. The molecule has 1 aromatic heterocycles. The Balaban J connectivity index is 1.73. The third kappa shape index (κ3) is 4.34. The number of hydrogen-bond acceptors (Lipinski definition) is 6. The van der Waals surface area contributed by atoms with Crippen molar-refractivity contribution in [1.29, 1.82) is 0 Å². The summed E-state index contributed by atoms with van der Waals surface area (Å²) in [5.41, 5.74) is 0.716. The van der Waals surface area contributed by atoms with E-state index in [1.165, 1.54) is 12.1 Å². The van der Waals surface area contributed by atoms with Crippen LogP contribution in [0.5, 0.6) is 11.6 Å². The van der Waals surface area contributed by atoms with Crippen molar-refractivity contribution in [1.82, 2.24) is 15.6 Å². The van der Waals surface area contributed by atoms with Gasteiger partial charge < -0.3 is 15.4 Å². The second-order valence-corrected chi connectivity index (χ2v) is 7.91. The lowest BCUT2D eigenvalue weighted by Crippen LogP contribution is -2.50. The Bertz CT molecular complexity index is 879. The zero-order valence-electron chi connectivity index (χ0n) is 13.7. The van der Waals surface area contributed by atoms with Gasteiger partial charge in [0.15, 0.2) is 9.84 Å². The molecule has 0 atom stereocenters. The maximum atomic E-state index is 11.9. The Labute approximate surface area is 146 Å². The molecule has 132 valence electrons. The van der Waals surface area contributed by atoms with Crippen molar-refractivity contribution in [3.8, 4) is 11.6 Å². The van der Waals surface area contributed by atoms with Crippen molar-refractivity contribution in [2.45, 2.75) is 11.4 Å². The lowest BCUT2D eigenvalue weighted by molar-refractivity contribution is -0.126. The van der Waals surface area contributed by atoms with E-state index >= 15 is 0 Å². The minimum absolute atomic E-state index is 0.00683. The highest BCUT2D eigenvalue weighted by Gasteiger charge is 2.24. The molecule has 2 heterocycles. The van der Waals surface area contributed by atoms with Gasteiger partial charge in [-0.15, -0.1) is 0 Å². The quantitative estimate of drug-likeness (QED) is 0.800. The summed E-state index contributed by atoms with van der Waals surface area (Å²) in [7, 11) is -3.32. The van der Waals surface area contributed by atoms with E-state index < -0.39 is 9.84 Å². The van der Waals surface area contributed by atoms with Crippen LogP contribution in [0.15, 0.2) is 47.5 Å². The number of carbonyl (C=O) groups excluding carboxylic acids is 1. The molecule has 2 aromatic rings. The number of sulfone groups is 1. The summed E-state index contributed by atoms with van der Waals surface area (Å²) in [6.45, 7) is 1.69. The van der Waals surface area contributed by atoms with Gasteiger partial charge in [-0.05, 0) is 24.3 Å². The first-order valence-electron chi connectivity index (χ1n) is 7.84. The number of hydrogen-bond donors (Lipinski definition) is 2. The number of rotatable bonds is 6. The minimum atomic E-state index is -3.32. The van der Waals surface area contributed by atoms with Gasteiger partial charge in [0.2, 0.25) is 11.8 Å². The molecule has 1 aliphatic heterocycles. The molecular formula is C17H19N3O4S. The summed E-state index contributed by atoms with van der Waals surface area (Å²) >= 11 is 0. The van der Waals surface area contributed by atoms with Crippen LogP contribution in [0, 0.1) is 5.92 Å². The zero-order valence-corrected chi connectivity index (χ0v) is 14.5. The first-order chi connectivity index (χ1) is 11.9. The molecular weight excluding hydrogens is 342 g/mol. The van der Waals surface area contributed by atoms with Gasteiger partial charge >= 0.3 is 0 Å². The predicted octanol–water partition coefficient (Wildman–Crippen LogP) is 1.11. The molecule has 0 bridgehead atoms. The smallest absolute Gasteiger partial charge is 0.225 e. The molecule has 3 rings (SSSR count). The van der Waals surface area contributed by atoms with Crippen LogP contribution in [-0.4, -0.2) is 38.7 Å². The van der Waals surface area contributed by atoms with Gasteiger partial charge in [-0.2, -0.15) is 0 Å². The Morgan fingerprint density at radius 1 is 1.32 bits per heavy atom. The minimum Gasteiger partial charge on any atom is -0.439 e. The number of nitrogens with zero attached hydrogens (tertiary/aromatic N) is 1. The summed E-state index contributed by atoms with van der Waals surface area (Å²) < 4.78 is 29.1. The molecule has 1 amide bonds. The Hall–Kier alpha value is -2.45. The summed E-state index contributed by atoms with van der Waals surface area (Å²) in [6.07, 6.45) is 2.72. The molecule has 1 aliphatic rings. The molecule has 8 heteroatoms. The molecule has 25 heavy (non-hydrogen) atoms. The number of aromatic nitrogens is 1. The van der Waals surface area contributed by atoms with Crippen LogP contribution in [0.3, 0.4) is 0 Å². The number of carbonyl (C=O) groups is 1. The van der Waals surface area contributed by atoms with E-state index in [0.29, 0.717) is 36.8 Å². The van der Waals surface area contributed by atoms with Gasteiger partial charge in [0.05, 0.1) is 10.8 Å². The number of pyridine rings is 1. The van der Waals surface area contributed by atoms with Gasteiger partial charge in [0.1, 0.15) is 5.75 Å². The summed E-state index contributed by atoms with van der Waals surface area (Å²) in [6, 6.07) is 9.79. The van der Waals surface area contributed by atoms with Gasteiger partial charge in [-0.1, -0.05) is 12.1 Å². The maximum absolute atomic E-state index is 11.9.